The molecule has 0 radical (unpaired) electrons. The standard InChI is InChI=1S/C11H14Cl2N2O3S2/c1-14(2)11(16)7-4-3-5-15(7)20(17,18)8-6-9(12)19-10(8)13/h6-7H,3-5H2,1-2H3. The van der Waals surface area contributed by atoms with E-state index in [1.165, 1.54) is 15.3 Å². The van der Waals surface area contributed by atoms with Gasteiger partial charge >= 0.3 is 0 Å². The molecule has 0 aromatic carbocycles. The number of amides is 1. The molecule has 1 atom stereocenters. The molecule has 1 unspecified atom stereocenters. The number of thiophene rings is 1. The summed E-state index contributed by atoms with van der Waals surface area (Å²) >= 11 is 12.7. The molecule has 5 nitrogen and oxygen atoms in total. The predicted octanol–water partition coefficient (Wildman–Crippen LogP) is 2.30. The van der Waals surface area contributed by atoms with E-state index in [1.54, 1.807) is 14.1 Å². The van der Waals surface area contributed by atoms with Gasteiger partial charge in [-0.15, -0.1) is 11.3 Å². The van der Waals surface area contributed by atoms with Crippen LogP contribution in [0.1, 0.15) is 12.8 Å². The van der Waals surface area contributed by atoms with E-state index in [1.807, 2.05) is 0 Å². The zero-order valence-electron chi connectivity index (χ0n) is 11.0. The summed E-state index contributed by atoms with van der Waals surface area (Å²) in [6.07, 6.45) is 1.17. The molecule has 0 spiro atoms. The first-order valence-electron chi connectivity index (χ1n) is 5.93. The molecular formula is C11H14Cl2N2O3S2. The predicted molar refractivity (Wildman–Crippen MR) is 79.9 cm³/mol. The number of sulfonamides is 1. The normalized spacial score (nSPS) is 20.3. The molecule has 0 bridgehead atoms. The van der Waals surface area contributed by atoms with Crippen LogP contribution in [-0.4, -0.2) is 50.2 Å². The van der Waals surface area contributed by atoms with Crippen LogP contribution in [0.4, 0.5) is 0 Å². The van der Waals surface area contributed by atoms with Crippen molar-refractivity contribution >= 4 is 50.5 Å². The average Bonchev–Trinajstić information content (AvgIpc) is 2.95. The Labute approximate surface area is 132 Å². The fourth-order valence-corrected chi connectivity index (χ4v) is 5.97. The highest BCUT2D eigenvalue weighted by Gasteiger charge is 2.41. The van der Waals surface area contributed by atoms with Gasteiger partial charge in [-0.1, -0.05) is 23.2 Å². The highest BCUT2D eigenvalue weighted by molar-refractivity contribution is 7.89. The molecule has 0 saturated carbocycles. The van der Waals surface area contributed by atoms with Gasteiger partial charge in [0.1, 0.15) is 15.3 Å². The van der Waals surface area contributed by atoms with Crippen LogP contribution in [0.3, 0.4) is 0 Å². The molecule has 9 heteroatoms. The highest BCUT2D eigenvalue weighted by atomic mass is 35.5. The molecule has 1 aromatic rings. The summed E-state index contributed by atoms with van der Waals surface area (Å²) < 4.78 is 26.9. The van der Waals surface area contributed by atoms with E-state index in [4.69, 9.17) is 23.2 Å². The molecule has 0 N–H and O–H groups in total. The maximum atomic E-state index is 12.6. The Hall–Kier alpha value is -0.340. The molecule has 0 aliphatic carbocycles. The lowest BCUT2D eigenvalue weighted by Crippen LogP contribution is -2.45. The van der Waals surface area contributed by atoms with E-state index in [0.717, 1.165) is 11.3 Å². The highest BCUT2D eigenvalue weighted by Crippen LogP contribution is 2.37. The second kappa shape index (κ2) is 5.81. The van der Waals surface area contributed by atoms with Gasteiger partial charge in [0.25, 0.3) is 0 Å². The number of hydrogen-bond donors (Lipinski definition) is 0. The minimum atomic E-state index is -3.80. The van der Waals surface area contributed by atoms with Crippen molar-refractivity contribution in [2.75, 3.05) is 20.6 Å². The Bertz CT molecular complexity index is 628. The molecule has 1 aromatic heterocycles. The number of halogens is 2. The Balaban J connectivity index is 2.38. The first-order valence-corrected chi connectivity index (χ1v) is 8.94. The molecule has 2 rings (SSSR count). The van der Waals surface area contributed by atoms with Crippen molar-refractivity contribution in [2.24, 2.45) is 0 Å². The maximum Gasteiger partial charge on any atom is 0.246 e. The van der Waals surface area contributed by atoms with Gasteiger partial charge in [0.2, 0.25) is 15.9 Å². The van der Waals surface area contributed by atoms with Crippen molar-refractivity contribution in [3.63, 3.8) is 0 Å². The van der Waals surface area contributed by atoms with Gasteiger partial charge in [-0.25, -0.2) is 8.42 Å². The summed E-state index contributed by atoms with van der Waals surface area (Å²) in [7, 11) is -0.574. The third-order valence-electron chi connectivity index (χ3n) is 3.14. The largest absolute Gasteiger partial charge is 0.347 e. The minimum absolute atomic E-state index is 0.0207. The van der Waals surface area contributed by atoms with Gasteiger partial charge in [0, 0.05) is 20.6 Å². The second-order valence-corrected chi connectivity index (χ2v) is 8.84. The Morgan fingerprint density at radius 2 is 2.10 bits per heavy atom. The number of likely N-dealkylation sites (N-methyl/N-ethyl adjacent to an activating group) is 1. The van der Waals surface area contributed by atoms with Gasteiger partial charge in [-0.05, 0) is 18.9 Å². The van der Waals surface area contributed by atoms with Crippen LogP contribution in [0.25, 0.3) is 0 Å². The quantitative estimate of drug-likeness (QED) is 0.834. The number of nitrogens with zero attached hydrogens (tertiary/aromatic N) is 2. The van der Waals surface area contributed by atoms with Crippen molar-refractivity contribution in [1.82, 2.24) is 9.21 Å². The molecule has 1 fully saturated rings. The fraction of sp³-hybridized carbons (Fsp3) is 0.545. The van der Waals surface area contributed by atoms with Crippen LogP contribution in [0.2, 0.25) is 8.67 Å². The molecule has 1 aliphatic rings. The zero-order chi connectivity index (χ0) is 15.1. The summed E-state index contributed by atoms with van der Waals surface area (Å²) in [6.45, 7) is 0.316. The van der Waals surface area contributed by atoms with Crippen molar-refractivity contribution in [3.8, 4) is 0 Å². The van der Waals surface area contributed by atoms with Crippen molar-refractivity contribution in [2.45, 2.75) is 23.8 Å². The molecule has 20 heavy (non-hydrogen) atoms. The molecule has 1 saturated heterocycles. The summed E-state index contributed by atoms with van der Waals surface area (Å²) in [5, 5.41) is 0. The van der Waals surface area contributed by atoms with E-state index in [-0.39, 0.29) is 15.1 Å². The number of carbonyl (C=O) groups excluding carboxylic acids is 1. The van der Waals surface area contributed by atoms with Gasteiger partial charge in [0.05, 0.1) is 4.34 Å². The maximum absolute atomic E-state index is 12.6. The second-order valence-electron chi connectivity index (χ2n) is 4.69. The SMILES string of the molecule is CN(C)C(=O)C1CCCN1S(=O)(=O)c1cc(Cl)sc1Cl. The topological polar surface area (TPSA) is 57.7 Å². The first-order chi connectivity index (χ1) is 9.25. The smallest absolute Gasteiger partial charge is 0.246 e. The zero-order valence-corrected chi connectivity index (χ0v) is 14.1. The first kappa shape index (κ1) is 16.0. The van der Waals surface area contributed by atoms with Crippen LogP contribution >= 0.6 is 34.5 Å². The number of rotatable bonds is 3. The Morgan fingerprint density at radius 1 is 1.45 bits per heavy atom. The van der Waals surface area contributed by atoms with Crippen LogP contribution in [0.5, 0.6) is 0 Å². The van der Waals surface area contributed by atoms with E-state index in [2.05, 4.69) is 0 Å². The van der Waals surface area contributed by atoms with Crippen molar-refractivity contribution < 1.29 is 13.2 Å². The van der Waals surface area contributed by atoms with Gasteiger partial charge in [-0.2, -0.15) is 4.31 Å². The Morgan fingerprint density at radius 3 is 2.60 bits per heavy atom. The van der Waals surface area contributed by atoms with Gasteiger partial charge in [-0.3, -0.25) is 4.79 Å². The van der Waals surface area contributed by atoms with Crippen molar-refractivity contribution in [1.29, 1.82) is 0 Å². The van der Waals surface area contributed by atoms with Crippen LogP contribution in [0, 0.1) is 0 Å². The monoisotopic (exact) mass is 356 g/mol. The summed E-state index contributed by atoms with van der Waals surface area (Å²) in [4.78, 5) is 13.5. The number of hydrogen-bond acceptors (Lipinski definition) is 4. The lowest BCUT2D eigenvalue weighted by Gasteiger charge is -2.25. The number of carbonyl (C=O) groups is 1. The van der Waals surface area contributed by atoms with E-state index in [9.17, 15) is 13.2 Å². The van der Waals surface area contributed by atoms with E-state index in [0.29, 0.717) is 23.7 Å². The van der Waals surface area contributed by atoms with Gasteiger partial charge < -0.3 is 4.90 Å². The third-order valence-corrected chi connectivity index (χ3v) is 6.80. The van der Waals surface area contributed by atoms with Crippen LogP contribution in [0.15, 0.2) is 11.0 Å². The summed E-state index contributed by atoms with van der Waals surface area (Å²) in [6, 6.07) is 0.670. The molecule has 112 valence electrons. The molecular weight excluding hydrogens is 343 g/mol. The van der Waals surface area contributed by atoms with E-state index < -0.39 is 16.1 Å². The molecule has 1 amide bonds. The third kappa shape index (κ3) is 2.82. The van der Waals surface area contributed by atoms with Crippen LogP contribution in [-0.2, 0) is 14.8 Å². The van der Waals surface area contributed by atoms with E-state index >= 15 is 0 Å². The lowest BCUT2D eigenvalue weighted by atomic mass is 10.2. The lowest BCUT2D eigenvalue weighted by molar-refractivity contribution is -0.132. The van der Waals surface area contributed by atoms with Crippen molar-refractivity contribution in [3.05, 3.63) is 14.7 Å². The molecule has 1 aliphatic heterocycles. The summed E-state index contributed by atoms with van der Waals surface area (Å²) in [5.41, 5.74) is 0. The molecule has 2 heterocycles. The van der Waals surface area contributed by atoms with Crippen LogP contribution < -0.4 is 0 Å². The average molecular weight is 357 g/mol. The minimum Gasteiger partial charge on any atom is -0.347 e. The summed E-state index contributed by atoms with van der Waals surface area (Å²) in [5.74, 6) is -0.219. The fourth-order valence-electron chi connectivity index (χ4n) is 2.20. The Kier molecular flexibility index (Phi) is 4.66. The van der Waals surface area contributed by atoms with Gasteiger partial charge in [0.15, 0.2) is 0 Å².